The fourth-order valence-corrected chi connectivity index (χ4v) is 6.72. The fourth-order valence-electron chi connectivity index (χ4n) is 5.56. The molecule has 1 aliphatic carbocycles. The number of nitrogens with zero attached hydrogens (tertiary/aromatic N) is 2. The third kappa shape index (κ3) is 5.31. The van der Waals surface area contributed by atoms with Crippen LogP contribution in [0.1, 0.15) is 61.1 Å². The van der Waals surface area contributed by atoms with E-state index in [1.54, 1.807) is 0 Å². The van der Waals surface area contributed by atoms with E-state index in [4.69, 9.17) is 9.98 Å². The maximum Gasteiger partial charge on any atom is 0.294 e. The van der Waals surface area contributed by atoms with Crippen LogP contribution in [-0.4, -0.2) is 37.4 Å². The summed E-state index contributed by atoms with van der Waals surface area (Å²) in [5.41, 5.74) is 6.99. The molecule has 0 aliphatic heterocycles. The molecule has 0 radical (unpaired) electrons. The minimum atomic E-state index is -4.40. The first-order valence-corrected chi connectivity index (χ1v) is 16.8. The first kappa shape index (κ1) is 29.8. The lowest BCUT2D eigenvalue weighted by molar-refractivity contribution is 0.480. The summed E-state index contributed by atoms with van der Waals surface area (Å²) in [5.74, 6) is 0. The molecule has 1 aliphatic rings. The highest BCUT2D eigenvalue weighted by Crippen LogP contribution is 2.38. The molecular weight excluding hydrogens is 572 g/mol. The van der Waals surface area contributed by atoms with Crippen molar-refractivity contribution in [1.82, 2.24) is 0 Å². The molecule has 0 bridgehead atoms. The number of aryl methyl sites for hydroxylation is 4. The first-order chi connectivity index (χ1) is 19.9. The Labute approximate surface area is 246 Å². The highest BCUT2D eigenvalue weighted by atomic mass is 32.2. The second-order valence-corrected chi connectivity index (χ2v) is 13.0. The van der Waals surface area contributed by atoms with Gasteiger partial charge in [0.15, 0.2) is 0 Å². The Kier molecular flexibility index (Phi) is 7.93. The highest BCUT2D eigenvalue weighted by molar-refractivity contribution is 7.86. The van der Waals surface area contributed by atoms with E-state index in [-0.39, 0.29) is 9.79 Å². The van der Waals surface area contributed by atoms with Gasteiger partial charge in [-0.1, -0.05) is 64.1 Å². The van der Waals surface area contributed by atoms with Crippen LogP contribution in [0.4, 0.5) is 11.4 Å². The maximum absolute atomic E-state index is 12.0. The number of aliphatic imine (C=N–C) groups is 2. The van der Waals surface area contributed by atoms with Crippen LogP contribution in [0.3, 0.4) is 0 Å². The molecule has 8 nitrogen and oxygen atoms in total. The second-order valence-electron chi connectivity index (χ2n) is 10.2. The highest BCUT2D eigenvalue weighted by Gasteiger charge is 2.29. The first-order valence-electron chi connectivity index (χ1n) is 13.9. The largest absolute Gasteiger partial charge is 0.294 e. The van der Waals surface area contributed by atoms with E-state index < -0.39 is 20.2 Å². The van der Waals surface area contributed by atoms with Crippen LogP contribution in [0.15, 0.2) is 80.4 Å². The van der Waals surface area contributed by atoms with Crippen molar-refractivity contribution in [2.45, 2.75) is 63.2 Å². The Morgan fingerprint density at radius 3 is 1.19 bits per heavy atom. The summed E-state index contributed by atoms with van der Waals surface area (Å²) in [7, 11) is -8.80. The predicted molar refractivity (Wildman–Crippen MR) is 166 cm³/mol. The molecule has 0 amide bonds. The minimum Gasteiger partial charge on any atom is -0.282 e. The van der Waals surface area contributed by atoms with Crippen molar-refractivity contribution in [2.75, 3.05) is 0 Å². The van der Waals surface area contributed by atoms with Crippen LogP contribution in [0.25, 0.3) is 10.8 Å². The molecule has 2 N–H and O–H groups in total. The average molecular weight is 605 g/mol. The Hall–Kier alpha value is -3.70. The van der Waals surface area contributed by atoms with Gasteiger partial charge >= 0.3 is 0 Å². The second kappa shape index (κ2) is 11.2. The van der Waals surface area contributed by atoms with Crippen molar-refractivity contribution in [2.24, 2.45) is 9.98 Å². The van der Waals surface area contributed by atoms with Crippen molar-refractivity contribution in [3.63, 3.8) is 0 Å². The normalized spacial score (nSPS) is 15.3. The van der Waals surface area contributed by atoms with Crippen LogP contribution < -0.4 is 0 Å². The van der Waals surface area contributed by atoms with E-state index in [0.717, 1.165) is 21.9 Å². The van der Waals surface area contributed by atoms with E-state index >= 15 is 0 Å². The number of rotatable bonds is 8. The van der Waals surface area contributed by atoms with Gasteiger partial charge in [-0.25, -0.2) is 9.98 Å². The van der Waals surface area contributed by atoms with Gasteiger partial charge < -0.3 is 0 Å². The number of hydrogen-bond acceptors (Lipinski definition) is 6. The molecule has 0 aromatic heterocycles. The molecule has 0 spiro atoms. The van der Waals surface area contributed by atoms with Gasteiger partial charge in [-0.15, -0.1) is 0 Å². The van der Waals surface area contributed by atoms with Gasteiger partial charge in [0.25, 0.3) is 20.2 Å². The molecule has 4 aromatic carbocycles. The average Bonchev–Trinajstić information content (AvgIpc) is 3.25. The van der Waals surface area contributed by atoms with Crippen molar-refractivity contribution in [3.8, 4) is 0 Å². The zero-order valence-electron chi connectivity index (χ0n) is 23.8. The van der Waals surface area contributed by atoms with E-state index in [1.807, 2.05) is 64.1 Å². The van der Waals surface area contributed by atoms with Gasteiger partial charge in [-0.2, -0.15) is 16.8 Å². The monoisotopic (exact) mass is 604 g/mol. The molecule has 0 atom stereocenters. The molecular formula is C32H32N2O6S2. The molecule has 10 heteroatoms. The summed E-state index contributed by atoms with van der Waals surface area (Å²) in [6.45, 7) is 7.62. The van der Waals surface area contributed by atoms with E-state index in [0.29, 0.717) is 70.7 Å². The fraction of sp³-hybridized carbons (Fsp3) is 0.250. The van der Waals surface area contributed by atoms with Gasteiger partial charge in [-0.3, -0.25) is 9.11 Å². The molecule has 0 saturated heterocycles. The molecule has 0 unspecified atom stereocenters. The van der Waals surface area contributed by atoms with Crippen LogP contribution in [0.2, 0.25) is 0 Å². The molecule has 0 saturated carbocycles. The predicted octanol–water partition coefficient (Wildman–Crippen LogP) is 6.84. The lowest BCUT2D eigenvalue weighted by Crippen LogP contribution is -2.12. The topological polar surface area (TPSA) is 133 Å². The van der Waals surface area contributed by atoms with E-state index in [2.05, 4.69) is 0 Å². The van der Waals surface area contributed by atoms with Crippen LogP contribution in [0, 0.1) is 0 Å². The lowest BCUT2D eigenvalue weighted by atomic mass is 10.0. The zero-order chi connectivity index (χ0) is 30.4. The SMILES string of the molecule is CCc1cc(S(=O)(=O)O)cc(CC)c1N=C1C(=Nc2c(CC)cc(S(=O)(=O)O)cc2CC)c2cccc3cccc1c23. The molecule has 5 rings (SSSR count). The Bertz CT molecular complexity index is 1840. The summed E-state index contributed by atoms with van der Waals surface area (Å²) in [6, 6.07) is 17.8. The number of hydrogen-bond donors (Lipinski definition) is 2. The number of benzene rings is 4. The van der Waals surface area contributed by atoms with Crippen LogP contribution >= 0.6 is 0 Å². The van der Waals surface area contributed by atoms with Gasteiger partial charge in [0.2, 0.25) is 0 Å². The van der Waals surface area contributed by atoms with Gasteiger partial charge in [0, 0.05) is 16.5 Å². The summed E-state index contributed by atoms with van der Waals surface area (Å²) in [5, 5.41) is 2.01. The summed E-state index contributed by atoms with van der Waals surface area (Å²) >= 11 is 0. The summed E-state index contributed by atoms with van der Waals surface area (Å²) < 4.78 is 67.6. The Morgan fingerprint density at radius 2 is 0.905 bits per heavy atom. The summed E-state index contributed by atoms with van der Waals surface area (Å²) in [4.78, 5) is 10.0. The summed E-state index contributed by atoms with van der Waals surface area (Å²) in [6.07, 6.45) is 1.96. The smallest absolute Gasteiger partial charge is 0.282 e. The van der Waals surface area contributed by atoms with Gasteiger partial charge in [-0.05, 0) is 77.6 Å². The maximum atomic E-state index is 12.0. The van der Waals surface area contributed by atoms with Gasteiger partial charge in [0.05, 0.1) is 32.6 Å². The minimum absolute atomic E-state index is 0.162. The zero-order valence-corrected chi connectivity index (χ0v) is 25.5. The van der Waals surface area contributed by atoms with E-state index in [9.17, 15) is 25.9 Å². The van der Waals surface area contributed by atoms with Crippen LogP contribution in [-0.2, 0) is 45.9 Å². The molecule has 0 fully saturated rings. The van der Waals surface area contributed by atoms with E-state index in [1.165, 1.54) is 24.3 Å². The Balaban J connectivity index is 1.86. The standard InChI is InChI=1S/C32H32N2O6S2/c1-5-19-15-24(41(35,36)37)16-20(6-2)29(19)33-31-26-13-9-11-23-12-10-14-27(28(23)26)32(31)34-30-21(7-3)17-25(42(38,39)40)18-22(30)8-4/h9-18H,5-8H2,1-4H3,(H,35,36,37)(H,38,39,40). The third-order valence-electron chi connectivity index (χ3n) is 7.69. The van der Waals surface area contributed by atoms with Crippen molar-refractivity contribution in [1.29, 1.82) is 0 Å². The van der Waals surface area contributed by atoms with Crippen molar-refractivity contribution >= 4 is 53.8 Å². The van der Waals surface area contributed by atoms with Crippen molar-refractivity contribution in [3.05, 3.63) is 94.0 Å². The quantitative estimate of drug-likeness (QED) is 0.212. The van der Waals surface area contributed by atoms with Crippen LogP contribution in [0.5, 0.6) is 0 Å². The third-order valence-corrected chi connectivity index (χ3v) is 9.35. The van der Waals surface area contributed by atoms with Crippen molar-refractivity contribution < 1.29 is 25.9 Å². The molecule has 4 aromatic rings. The lowest BCUT2D eigenvalue weighted by Gasteiger charge is -2.15. The molecule has 42 heavy (non-hydrogen) atoms. The Morgan fingerprint density at radius 1 is 0.571 bits per heavy atom. The molecule has 0 heterocycles. The van der Waals surface area contributed by atoms with Gasteiger partial charge in [0.1, 0.15) is 0 Å². The molecule has 218 valence electrons.